The van der Waals surface area contributed by atoms with Crippen molar-refractivity contribution in [1.29, 1.82) is 0 Å². The van der Waals surface area contributed by atoms with Crippen LogP contribution in [0.4, 0.5) is 0 Å². The third kappa shape index (κ3) is 7.51. The molecule has 2 aromatic heterocycles. The topological polar surface area (TPSA) is 4.41 Å². The molecule has 2 aliphatic rings. The van der Waals surface area contributed by atoms with E-state index in [-0.39, 0.29) is 0 Å². The highest BCUT2D eigenvalue weighted by molar-refractivity contribution is 6.25. The number of nitrogens with zero attached hydrogens (tertiary/aromatic N) is 1. The van der Waals surface area contributed by atoms with E-state index in [0.29, 0.717) is 11.8 Å². The Hall–Kier alpha value is -4.88. The van der Waals surface area contributed by atoms with Crippen LogP contribution in [-0.4, -0.2) is 4.40 Å². The van der Waals surface area contributed by atoms with Crippen LogP contribution in [0.15, 0.2) is 121 Å². The molecule has 2 unspecified atom stereocenters. The van der Waals surface area contributed by atoms with Crippen molar-refractivity contribution < 1.29 is 0 Å². The average Bonchev–Trinajstić information content (AvgIpc) is 3.87. The highest BCUT2D eigenvalue weighted by Gasteiger charge is 2.28. The van der Waals surface area contributed by atoms with E-state index >= 15 is 0 Å². The third-order valence-electron chi connectivity index (χ3n) is 12.9. The maximum absolute atomic E-state index is 4.06. The molecule has 0 aliphatic heterocycles. The standard InChI is InChI=1S/C48H51N.C6H10.C2H6/c1-9-16-29(6)31(8)47(28(5)10-2)39-27-42-44-25-35(37-19-15-20-38-36-18-14-13-17-34(36)23-40(37)38)24-43-41-22-32(11-3)33(12-4)26-46(41)49(48(43)44)45(42)21-30(39)7;1-4-5-6(2)3;1-2/h9,13,15,17,19-22,24-28,47H,1,10-12,14,16,18,23H2,2-8H3;4H,1-2,5H2,3H3;1-2H3/b31-29-;;. The predicted octanol–water partition coefficient (Wildman–Crippen LogP) is 16.8. The maximum atomic E-state index is 4.06. The molecule has 0 N–H and O–H groups in total. The van der Waals surface area contributed by atoms with Gasteiger partial charge in [0, 0.05) is 27.5 Å². The van der Waals surface area contributed by atoms with Gasteiger partial charge in [-0.1, -0.05) is 114 Å². The Morgan fingerprint density at radius 2 is 1.44 bits per heavy atom. The van der Waals surface area contributed by atoms with Gasteiger partial charge in [0.25, 0.3) is 0 Å². The number of benzene rings is 4. The molecule has 0 bridgehead atoms. The zero-order chi connectivity index (χ0) is 41.1. The van der Waals surface area contributed by atoms with Gasteiger partial charge in [0.2, 0.25) is 0 Å². The van der Waals surface area contributed by atoms with E-state index in [1.807, 2.05) is 26.8 Å². The summed E-state index contributed by atoms with van der Waals surface area (Å²) in [6.07, 6.45) is 17.1. The van der Waals surface area contributed by atoms with E-state index in [2.05, 4.69) is 145 Å². The molecule has 2 heterocycles. The molecule has 8 rings (SSSR count). The SMILES string of the molecule is C=CC/C(C)=C(/C)C(c1cc2c3cc(-c4cccc5c4CC4=C5CCC=C4)cc4c5cc(CC)c(CC)cc5n(c2cc1C)c34)C(C)CC.C=CCC(=C)C.CC. The minimum atomic E-state index is 0.382. The van der Waals surface area contributed by atoms with Crippen LogP contribution in [-0.2, 0) is 19.3 Å². The van der Waals surface area contributed by atoms with Crippen molar-refractivity contribution in [3.05, 3.63) is 154 Å². The summed E-state index contributed by atoms with van der Waals surface area (Å²) in [4.78, 5) is 0. The van der Waals surface area contributed by atoms with Crippen LogP contribution in [0.25, 0.3) is 54.8 Å². The normalized spacial score (nSPS) is 14.8. The largest absolute Gasteiger partial charge is 0.308 e. The minimum Gasteiger partial charge on any atom is -0.308 e. The molecule has 0 fully saturated rings. The summed E-state index contributed by atoms with van der Waals surface area (Å²) < 4.78 is 2.61. The van der Waals surface area contributed by atoms with Crippen LogP contribution in [0.5, 0.6) is 0 Å². The van der Waals surface area contributed by atoms with Crippen LogP contribution in [0, 0.1) is 12.8 Å². The van der Waals surface area contributed by atoms with Gasteiger partial charge >= 0.3 is 0 Å². The molecule has 1 heteroatoms. The summed E-state index contributed by atoms with van der Waals surface area (Å²) in [5.74, 6) is 0.926. The van der Waals surface area contributed by atoms with Crippen LogP contribution in [0.3, 0.4) is 0 Å². The zero-order valence-corrected chi connectivity index (χ0v) is 36.9. The van der Waals surface area contributed by atoms with Gasteiger partial charge < -0.3 is 4.40 Å². The number of hydrogen-bond donors (Lipinski definition) is 0. The monoisotopic (exact) mass is 754 g/mol. The van der Waals surface area contributed by atoms with Crippen molar-refractivity contribution in [2.24, 2.45) is 5.92 Å². The summed E-state index contributed by atoms with van der Waals surface area (Å²) in [5, 5.41) is 5.55. The lowest BCUT2D eigenvalue weighted by Crippen LogP contribution is -2.13. The van der Waals surface area contributed by atoms with E-state index in [1.54, 1.807) is 5.57 Å². The summed E-state index contributed by atoms with van der Waals surface area (Å²) in [7, 11) is 0. The molecular formula is C56H67N. The van der Waals surface area contributed by atoms with Crippen molar-refractivity contribution >= 4 is 43.7 Å². The molecule has 296 valence electrons. The number of hydrogen-bond acceptors (Lipinski definition) is 0. The molecular weight excluding hydrogens is 687 g/mol. The Morgan fingerprint density at radius 3 is 2.05 bits per heavy atom. The van der Waals surface area contributed by atoms with Crippen molar-refractivity contribution in [3.63, 3.8) is 0 Å². The molecule has 0 spiro atoms. The van der Waals surface area contributed by atoms with Gasteiger partial charge in [-0.15, -0.1) is 13.2 Å². The van der Waals surface area contributed by atoms with Gasteiger partial charge in [0.05, 0.1) is 16.6 Å². The van der Waals surface area contributed by atoms with E-state index in [0.717, 1.165) is 51.4 Å². The van der Waals surface area contributed by atoms with Crippen LogP contribution < -0.4 is 0 Å². The molecule has 0 amide bonds. The zero-order valence-electron chi connectivity index (χ0n) is 36.9. The molecule has 2 aliphatic carbocycles. The fraction of sp³-hybridized carbons (Fsp3) is 0.357. The fourth-order valence-electron chi connectivity index (χ4n) is 9.79. The van der Waals surface area contributed by atoms with E-state index in [9.17, 15) is 0 Å². The lowest BCUT2D eigenvalue weighted by Gasteiger charge is -2.28. The quantitative estimate of drug-likeness (QED) is 0.116. The molecule has 1 nitrogen and oxygen atoms in total. The van der Waals surface area contributed by atoms with Crippen LogP contribution >= 0.6 is 0 Å². The third-order valence-corrected chi connectivity index (χ3v) is 12.9. The van der Waals surface area contributed by atoms with Crippen LogP contribution in [0.2, 0.25) is 0 Å². The van der Waals surface area contributed by atoms with Gasteiger partial charge in [0.15, 0.2) is 0 Å². The second-order valence-electron chi connectivity index (χ2n) is 16.5. The lowest BCUT2D eigenvalue weighted by atomic mass is 9.77. The van der Waals surface area contributed by atoms with E-state index < -0.39 is 0 Å². The van der Waals surface area contributed by atoms with Crippen molar-refractivity contribution in [1.82, 2.24) is 4.40 Å². The van der Waals surface area contributed by atoms with Gasteiger partial charge in [-0.2, -0.15) is 0 Å². The molecule has 57 heavy (non-hydrogen) atoms. The number of rotatable bonds is 11. The van der Waals surface area contributed by atoms with Gasteiger partial charge in [-0.25, -0.2) is 0 Å². The summed E-state index contributed by atoms with van der Waals surface area (Å²) in [6.45, 7) is 33.7. The van der Waals surface area contributed by atoms with Crippen molar-refractivity contribution in [2.75, 3.05) is 0 Å². The predicted molar refractivity (Wildman–Crippen MR) is 255 cm³/mol. The van der Waals surface area contributed by atoms with E-state index in [1.165, 1.54) is 105 Å². The second kappa shape index (κ2) is 17.7. The fourth-order valence-corrected chi connectivity index (χ4v) is 9.79. The van der Waals surface area contributed by atoms with E-state index in [4.69, 9.17) is 0 Å². The molecule has 0 saturated heterocycles. The lowest BCUT2D eigenvalue weighted by molar-refractivity contribution is 0.485. The van der Waals surface area contributed by atoms with Crippen molar-refractivity contribution in [3.8, 4) is 11.1 Å². The first-order chi connectivity index (χ1) is 27.6. The van der Waals surface area contributed by atoms with Gasteiger partial charge in [-0.05, 0) is 171 Å². The number of aryl methyl sites for hydroxylation is 3. The van der Waals surface area contributed by atoms with Gasteiger partial charge in [-0.3, -0.25) is 0 Å². The Kier molecular flexibility index (Phi) is 13.0. The number of fused-ring (bicyclic) bond motifs is 8. The first-order valence-electron chi connectivity index (χ1n) is 21.9. The second-order valence-corrected chi connectivity index (χ2v) is 16.5. The molecule has 6 aromatic rings. The number of allylic oxidation sites excluding steroid dienone is 9. The summed E-state index contributed by atoms with van der Waals surface area (Å²) >= 11 is 0. The minimum absolute atomic E-state index is 0.382. The van der Waals surface area contributed by atoms with Crippen LogP contribution in [0.1, 0.15) is 134 Å². The smallest absolute Gasteiger partial charge is 0.0620 e. The highest BCUT2D eigenvalue weighted by atomic mass is 14.9. The Labute approximate surface area is 344 Å². The molecule has 0 saturated carbocycles. The van der Waals surface area contributed by atoms with Crippen molar-refractivity contribution in [2.45, 2.75) is 127 Å². The highest BCUT2D eigenvalue weighted by Crippen LogP contribution is 2.48. The number of aromatic nitrogens is 1. The molecule has 4 aromatic carbocycles. The first kappa shape index (κ1) is 41.7. The maximum Gasteiger partial charge on any atom is 0.0620 e. The Bertz CT molecular complexity index is 2570. The summed E-state index contributed by atoms with van der Waals surface area (Å²) in [5.41, 5.74) is 22.8. The molecule has 0 radical (unpaired) electrons. The average molecular weight is 754 g/mol. The van der Waals surface area contributed by atoms with Gasteiger partial charge in [0.1, 0.15) is 0 Å². The summed E-state index contributed by atoms with van der Waals surface area (Å²) in [6, 6.07) is 22.2. The Balaban J connectivity index is 0.000000630. The molecule has 2 atom stereocenters. The first-order valence-corrected chi connectivity index (χ1v) is 21.9. The Morgan fingerprint density at radius 1 is 0.807 bits per heavy atom.